The molecule has 0 aliphatic rings. The molecule has 0 saturated heterocycles. The molecule has 114 valence electrons. The lowest BCUT2D eigenvalue weighted by atomic mass is 10.4. The van der Waals surface area contributed by atoms with Gasteiger partial charge in [0.15, 0.2) is 0 Å². The Morgan fingerprint density at radius 3 is 0.889 bits per heavy atom. The molecule has 0 rings (SSSR count). The maximum Gasteiger partial charge on any atom is 0.100 e. The zero-order valence-corrected chi connectivity index (χ0v) is 12.1. The molecule has 0 fully saturated rings. The third-order valence-corrected chi connectivity index (χ3v) is 2.55. The Hall–Kier alpha value is 0.630. The fraction of sp³-hybridized carbons (Fsp3) is 1.00. The first kappa shape index (κ1) is 23.7. The van der Waals surface area contributed by atoms with Crippen molar-refractivity contribution in [1.82, 2.24) is 0 Å². The van der Waals surface area contributed by atoms with Gasteiger partial charge in [-0.15, -0.1) is 34.8 Å². The van der Waals surface area contributed by atoms with Crippen molar-refractivity contribution in [3.63, 3.8) is 0 Å². The molecule has 0 bridgehead atoms. The van der Waals surface area contributed by atoms with E-state index in [1.807, 2.05) is 0 Å². The van der Waals surface area contributed by atoms with E-state index in [9.17, 15) is 0 Å². The highest BCUT2D eigenvalue weighted by atomic mass is 35.5. The molecule has 0 unspecified atom stereocenters. The van der Waals surface area contributed by atoms with Crippen LogP contribution in [-0.2, 0) is 0 Å². The highest BCUT2D eigenvalue weighted by Crippen LogP contribution is 1.99. The molecule has 0 aromatic rings. The van der Waals surface area contributed by atoms with E-state index < -0.39 is 12.2 Å². The fourth-order valence-electron chi connectivity index (χ4n) is 0.157. The van der Waals surface area contributed by atoms with Crippen LogP contribution in [0, 0.1) is 0 Å². The summed E-state index contributed by atoms with van der Waals surface area (Å²) < 4.78 is 0. The summed E-state index contributed by atoms with van der Waals surface area (Å²) in [5, 5.41) is 48.0. The lowest BCUT2D eigenvalue weighted by Gasteiger charge is -1.96. The Morgan fingerprint density at radius 1 is 0.667 bits per heavy atom. The van der Waals surface area contributed by atoms with Crippen LogP contribution in [0.3, 0.4) is 0 Å². The van der Waals surface area contributed by atoms with E-state index in [-0.39, 0.29) is 31.8 Å². The third kappa shape index (κ3) is 25.5. The van der Waals surface area contributed by atoms with Crippen molar-refractivity contribution in [3.8, 4) is 0 Å². The zero-order chi connectivity index (χ0) is 15.0. The first-order valence-corrected chi connectivity index (χ1v) is 6.49. The number of aliphatic hydroxyl groups excluding tert-OH is 6. The molecule has 0 aliphatic heterocycles. The minimum atomic E-state index is -0.954. The summed E-state index contributed by atoms with van der Waals surface area (Å²) in [6.45, 7) is -1.46. The summed E-state index contributed by atoms with van der Waals surface area (Å²) in [5.74, 6) is 0.871. The topological polar surface area (TPSA) is 121 Å². The van der Waals surface area contributed by atoms with E-state index in [0.29, 0.717) is 11.8 Å². The standard InChI is InChI=1S/C3H5Cl3.2C3H8O3/c3*4-1-3(6)2-5/h3H,1-2H2;2*3-6H,1-2H2. The minimum absolute atomic E-state index is 0.0617. The lowest BCUT2D eigenvalue weighted by molar-refractivity contribution is 0.0450. The average Bonchev–Trinajstić information content (AvgIpc) is 2.45. The zero-order valence-electron chi connectivity index (χ0n) is 9.79. The van der Waals surface area contributed by atoms with Gasteiger partial charge < -0.3 is 30.6 Å². The van der Waals surface area contributed by atoms with Gasteiger partial charge in [0.2, 0.25) is 0 Å². The van der Waals surface area contributed by atoms with Gasteiger partial charge in [-0.05, 0) is 0 Å². The SMILES string of the molecule is ClCC(Cl)CCl.OCC(O)CO.OCC(O)CO. The maximum absolute atomic E-state index is 8.17. The molecule has 0 saturated carbocycles. The Kier molecular flexibility index (Phi) is 26.3. The Labute approximate surface area is 121 Å². The van der Waals surface area contributed by atoms with Gasteiger partial charge >= 0.3 is 0 Å². The molecule has 0 heterocycles. The molecular formula is C9H21Cl3O6. The van der Waals surface area contributed by atoms with Gasteiger partial charge in [-0.2, -0.15) is 0 Å². The second kappa shape index (κ2) is 20.0. The van der Waals surface area contributed by atoms with E-state index >= 15 is 0 Å². The molecule has 0 spiro atoms. The molecular weight excluding hydrogens is 310 g/mol. The summed E-state index contributed by atoms with van der Waals surface area (Å²) in [4.78, 5) is 0. The van der Waals surface area contributed by atoms with Crippen molar-refractivity contribution >= 4 is 34.8 Å². The van der Waals surface area contributed by atoms with E-state index in [4.69, 9.17) is 65.4 Å². The molecule has 0 radical (unpaired) electrons. The van der Waals surface area contributed by atoms with E-state index in [0.717, 1.165) is 0 Å². The summed E-state index contributed by atoms with van der Waals surface area (Å²) >= 11 is 15.9. The Balaban J connectivity index is -0.000000187. The van der Waals surface area contributed by atoms with Crippen LogP contribution in [0.4, 0.5) is 0 Å². The number of aliphatic hydroxyl groups is 6. The van der Waals surface area contributed by atoms with Crippen LogP contribution in [-0.4, -0.2) is 86.4 Å². The van der Waals surface area contributed by atoms with Crippen LogP contribution in [0.1, 0.15) is 0 Å². The molecule has 0 atom stereocenters. The number of rotatable bonds is 6. The first-order chi connectivity index (χ1) is 8.42. The maximum atomic E-state index is 8.17. The van der Waals surface area contributed by atoms with Crippen molar-refractivity contribution in [3.05, 3.63) is 0 Å². The van der Waals surface area contributed by atoms with Crippen LogP contribution in [0.2, 0.25) is 0 Å². The number of alkyl halides is 3. The van der Waals surface area contributed by atoms with Crippen molar-refractivity contribution in [2.75, 3.05) is 38.2 Å². The molecule has 0 aromatic carbocycles. The number of halogens is 3. The van der Waals surface area contributed by atoms with E-state index in [2.05, 4.69) is 0 Å². The summed E-state index contributed by atoms with van der Waals surface area (Å²) in [5.41, 5.74) is 0. The van der Waals surface area contributed by atoms with Gasteiger partial charge in [-0.25, -0.2) is 0 Å². The van der Waals surface area contributed by atoms with Crippen LogP contribution in [0.5, 0.6) is 0 Å². The molecule has 0 aromatic heterocycles. The molecule has 0 amide bonds. The average molecular weight is 332 g/mol. The second-order valence-electron chi connectivity index (χ2n) is 2.94. The van der Waals surface area contributed by atoms with Gasteiger partial charge in [-0.1, -0.05) is 0 Å². The number of hydrogen-bond donors (Lipinski definition) is 6. The molecule has 9 heteroatoms. The van der Waals surface area contributed by atoms with Gasteiger partial charge in [-0.3, -0.25) is 0 Å². The Bertz CT molecular complexity index is 108. The van der Waals surface area contributed by atoms with Crippen LogP contribution >= 0.6 is 34.8 Å². The molecule has 18 heavy (non-hydrogen) atoms. The van der Waals surface area contributed by atoms with Gasteiger partial charge in [0, 0.05) is 11.8 Å². The van der Waals surface area contributed by atoms with E-state index in [1.54, 1.807) is 0 Å². The second-order valence-corrected chi connectivity index (χ2v) is 4.18. The summed E-state index contributed by atoms with van der Waals surface area (Å²) in [6, 6.07) is 0. The predicted octanol–water partition coefficient (Wildman–Crippen LogP) is -1.26. The van der Waals surface area contributed by atoms with Crippen LogP contribution < -0.4 is 0 Å². The largest absolute Gasteiger partial charge is 0.394 e. The smallest absolute Gasteiger partial charge is 0.100 e. The summed E-state index contributed by atoms with van der Waals surface area (Å²) in [7, 11) is 0. The van der Waals surface area contributed by atoms with Crippen molar-refractivity contribution in [2.24, 2.45) is 0 Å². The van der Waals surface area contributed by atoms with E-state index in [1.165, 1.54) is 0 Å². The normalized spacial score (nSPS) is 10.0. The fourth-order valence-corrected chi connectivity index (χ4v) is 0.487. The van der Waals surface area contributed by atoms with Gasteiger partial charge in [0.25, 0.3) is 0 Å². The number of hydrogen-bond acceptors (Lipinski definition) is 6. The minimum Gasteiger partial charge on any atom is -0.394 e. The predicted molar refractivity (Wildman–Crippen MR) is 71.4 cm³/mol. The molecule has 6 N–H and O–H groups in total. The highest BCUT2D eigenvalue weighted by molar-refractivity contribution is 6.32. The molecule has 0 aliphatic carbocycles. The first-order valence-electron chi connectivity index (χ1n) is 4.98. The van der Waals surface area contributed by atoms with Crippen molar-refractivity contribution in [1.29, 1.82) is 0 Å². The van der Waals surface area contributed by atoms with Crippen LogP contribution in [0.15, 0.2) is 0 Å². The third-order valence-electron chi connectivity index (χ3n) is 1.18. The molecule has 6 nitrogen and oxygen atoms in total. The quantitative estimate of drug-likeness (QED) is 0.338. The van der Waals surface area contributed by atoms with Crippen molar-refractivity contribution in [2.45, 2.75) is 17.6 Å². The van der Waals surface area contributed by atoms with Gasteiger partial charge in [0.05, 0.1) is 31.8 Å². The van der Waals surface area contributed by atoms with Crippen molar-refractivity contribution < 1.29 is 30.6 Å². The monoisotopic (exact) mass is 330 g/mol. The van der Waals surface area contributed by atoms with Crippen LogP contribution in [0.25, 0.3) is 0 Å². The lowest BCUT2D eigenvalue weighted by Crippen LogP contribution is -2.15. The van der Waals surface area contributed by atoms with Gasteiger partial charge in [0.1, 0.15) is 12.2 Å². The summed E-state index contributed by atoms with van der Waals surface area (Å²) in [6.07, 6.45) is -1.91. The Morgan fingerprint density at radius 2 is 0.889 bits per heavy atom. The highest BCUT2D eigenvalue weighted by Gasteiger charge is 1.95.